The summed E-state index contributed by atoms with van der Waals surface area (Å²) in [7, 11) is 1.60. The molecule has 0 saturated carbocycles. The standard InChI is InChI=1S/C12H19N3O/c1-4-9(5-2)15-10-6-7-14-11(8-10)12(16)13-3/h6-9H,4-5H2,1-3H3,(H,13,16)(H,14,15). The number of hydrogen-bond acceptors (Lipinski definition) is 3. The van der Waals surface area contributed by atoms with Gasteiger partial charge in [0.1, 0.15) is 5.69 Å². The molecule has 1 amide bonds. The number of aromatic nitrogens is 1. The Morgan fingerprint density at radius 2 is 2.12 bits per heavy atom. The van der Waals surface area contributed by atoms with Gasteiger partial charge in [-0.3, -0.25) is 9.78 Å². The summed E-state index contributed by atoms with van der Waals surface area (Å²) in [5.41, 5.74) is 1.39. The van der Waals surface area contributed by atoms with E-state index in [1.165, 1.54) is 0 Å². The van der Waals surface area contributed by atoms with Crippen LogP contribution in [0.4, 0.5) is 5.69 Å². The highest BCUT2D eigenvalue weighted by molar-refractivity contribution is 5.92. The normalized spacial score (nSPS) is 10.2. The monoisotopic (exact) mass is 221 g/mol. The van der Waals surface area contributed by atoms with E-state index in [0.29, 0.717) is 11.7 Å². The molecule has 0 radical (unpaired) electrons. The van der Waals surface area contributed by atoms with Gasteiger partial charge < -0.3 is 10.6 Å². The highest BCUT2D eigenvalue weighted by atomic mass is 16.1. The Morgan fingerprint density at radius 3 is 2.69 bits per heavy atom. The fraction of sp³-hybridized carbons (Fsp3) is 0.500. The molecule has 0 aliphatic rings. The Kier molecular flexibility index (Phi) is 4.76. The highest BCUT2D eigenvalue weighted by Gasteiger charge is 2.07. The Balaban J connectivity index is 2.78. The average molecular weight is 221 g/mol. The first-order valence-electron chi connectivity index (χ1n) is 5.65. The molecule has 0 unspecified atom stereocenters. The largest absolute Gasteiger partial charge is 0.382 e. The average Bonchev–Trinajstić information content (AvgIpc) is 2.35. The minimum atomic E-state index is -0.159. The van der Waals surface area contributed by atoms with Crippen molar-refractivity contribution >= 4 is 11.6 Å². The van der Waals surface area contributed by atoms with Gasteiger partial charge in [-0.15, -0.1) is 0 Å². The SMILES string of the molecule is CCC(CC)Nc1ccnc(C(=O)NC)c1. The van der Waals surface area contributed by atoms with Crippen LogP contribution in [0.15, 0.2) is 18.3 Å². The zero-order chi connectivity index (χ0) is 12.0. The van der Waals surface area contributed by atoms with Crippen molar-refractivity contribution in [2.45, 2.75) is 32.7 Å². The van der Waals surface area contributed by atoms with Crippen LogP contribution in [0, 0.1) is 0 Å². The summed E-state index contributed by atoms with van der Waals surface area (Å²) in [6, 6.07) is 4.10. The first-order chi connectivity index (χ1) is 7.71. The van der Waals surface area contributed by atoms with Crippen LogP contribution in [-0.2, 0) is 0 Å². The number of carbonyl (C=O) groups is 1. The fourth-order valence-electron chi connectivity index (χ4n) is 1.50. The van der Waals surface area contributed by atoms with Gasteiger partial charge in [-0.1, -0.05) is 13.8 Å². The highest BCUT2D eigenvalue weighted by Crippen LogP contribution is 2.12. The van der Waals surface area contributed by atoms with Crippen LogP contribution in [-0.4, -0.2) is 24.0 Å². The minimum Gasteiger partial charge on any atom is -0.382 e. The Morgan fingerprint density at radius 1 is 1.44 bits per heavy atom. The molecule has 0 atom stereocenters. The molecule has 0 aliphatic heterocycles. The first-order valence-corrected chi connectivity index (χ1v) is 5.65. The Bertz CT molecular complexity index is 348. The van der Waals surface area contributed by atoms with Crippen molar-refractivity contribution in [2.75, 3.05) is 12.4 Å². The van der Waals surface area contributed by atoms with E-state index in [2.05, 4.69) is 29.5 Å². The molecule has 0 aliphatic carbocycles. The third kappa shape index (κ3) is 3.22. The topological polar surface area (TPSA) is 54.0 Å². The number of amides is 1. The predicted octanol–water partition coefficient (Wildman–Crippen LogP) is 2.04. The number of anilines is 1. The number of carbonyl (C=O) groups excluding carboxylic acids is 1. The van der Waals surface area contributed by atoms with Crippen LogP contribution in [0.3, 0.4) is 0 Å². The molecule has 2 N–H and O–H groups in total. The van der Waals surface area contributed by atoms with E-state index in [0.717, 1.165) is 18.5 Å². The summed E-state index contributed by atoms with van der Waals surface area (Å²) in [5, 5.41) is 5.94. The quantitative estimate of drug-likeness (QED) is 0.800. The smallest absolute Gasteiger partial charge is 0.269 e. The van der Waals surface area contributed by atoms with Gasteiger partial charge in [0.15, 0.2) is 0 Å². The van der Waals surface area contributed by atoms with Crippen molar-refractivity contribution < 1.29 is 4.79 Å². The summed E-state index contributed by atoms with van der Waals surface area (Å²) in [6.45, 7) is 4.28. The molecule has 0 saturated heterocycles. The van der Waals surface area contributed by atoms with Crippen LogP contribution < -0.4 is 10.6 Å². The van der Waals surface area contributed by atoms with E-state index in [1.54, 1.807) is 19.3 Å². The van der Waals surface area contributed by atoms with Gasteiger partial charge in [0, 0.05) is 25.0 Å². The molecular formula is C12H19N3O. The van der Waals surface area contributed by atoms with E-state index in [4.69, 9.17) is 0 Å². The lowest BCUT2D eigenvalue weighted by Crippen LogP contribution is -2.21. The zero-order valence-corrected chi connectivity index (χ0v) is 10.1. The number of hydrogen-bond donors (Lipinski definition) is 2. The molecule has 16 heavy (non-hydrogen) atoms. The van der Waals surface area contributed by atoms with Gasteiger partial charge in [-0.2, -0.15) is 0 Å². The molecule has 1 rings (SSSR count). The summed E-state index contributed by atoms with van der Waals surface area (Å²) in [5.74, 6) is -0.159. The second kappa shape index (κ2) is 6.10. The van der Waals surface area contributed by atoms with Crippen LogP contribution in [0.25, 0.3) is 0 Å². The minimum absolute atomic E-state index is 0.159. The molecule has 4 nitrogen and oxygen atoms in total. The van der Waals surface area contributed by atoms with Crippen LogP contribution in [0.5, 0.6) is 0 Å². The van der Waals surface area contributed by atoms with E-state index in [1.807, 2.05) is 6.07 Å². The zero-order valence-electron chi connectivity index (χ0n) is 10.1. The molecule has 1 aromatic heterocycles. The van der Waals surface area contributed by atoms with Crippen molar-refractivity contribution in [2.24, 2.45) is 0 Å². The maximum atomic E-state index is 11.4. The molecule has 4 heteroatoms. The second-order valence-corrected chi connectivity index (χ2v) is 3.67. The lowest BCUT2D eigenvalue weighted by molar-refractivity contribution is 0.0958. The van der Waals surface area contributed by atoms with Gasteiger partial charge in [-0.25, -0.2) is 0 Å². The van der Waals surface area contributed by atoms with E-state index in [-0.39, 0.29) is 5.91 Å². The van der Waals surface area contributed by atoms with Gasteiger partial charge in [-0.05, 0) is 25.0 Å². The number of nitrogens with one attached hydrogen (secondary N) is 2. The second-order valence-electron chi connectivity index (χ2n) is 3.67. The fourth-order valence-corrected chi connectivity index (χ4v) is 1.50. The van der Waals surface area contributed by atoms with E-state index in [9.17, 15) is 4.79 Å². The summed E-state index contributed by atoms with van der Waals surface area (Å²) >= 11 is 0. The van der Waals surface area contributed by atoms with Crippen molar-refractivity contribution in [3.05, 3.63) is 24.0 Å². The lowest BCUT2D eigenvalue weighted by atomic mass is 10.1. The molecule has 0 fully saturated rings. The van der Waals surface area contributed by atoms with Crippen molar-refractivity contribution in [1.29, 1.82) is 0 Å². The van der Waals surface area contributed by atoms with Crippen molar-refractivity contribution in [3.63, 3.8) is 0 Å². The molecule has 0 aromatic carbocycles. The number of nitrogens with zero attached hydrogens (tertiary/aromatic N) is 1. The molecular weight excluding hydrogens is 202 g/mol. The number of pyridine rings is 1. The maximum absolute atomic E-state index is 11.4. The third-order valence-electron chi connectivity index (χ3n) is 2.58. The molecule has 0 bridgehead atoms. The maximum Gasteiger partial charge on any atom is 0.269 e. The van der Waals surface area contributed by atoms with Crippen LogP contribution >= 0.6 is 0 Å². The molecule has 1 aromatic rings. The van der Waals surface area contributed by atoms with Crippen molar-refractivity contribution in [1.82, 2.24) is 10.3 Å². The summed E-state index contributed by atoms with van der Waals surface area (Å²) in [4.78, 5) is 15.4. The third-order valence-corrected chi connectivity index (χ3v) is 2.58. The molecule has 88 valence electrons. The van der Waals surface area contributed by atoms with Gasteiger partial charge >= 0.3 is 0 Å². The van der Waals surface area contributed by atoms with Crippen molar-refractivity contribution in [3.8, 4) is 0 Å². The van der Waals surface area contributed by atoms with E-state index >= 15 is 0 Å². The Labute approximate surface area is 96.5 Å². The van der Waals surface area contributed by atoms with Gasteiger partial charge in [0.05, 0.1) is 0 Å². The van der Waals surface area contributed by atoms with Gasteiger partial charge in [0.25, 0.3) is 5.91 Å². The summed E-state index contributed by atoms with van der Waals surface area (Å²) < 4.78 is 0. The Hall–Kier alpha value is -1.58. The lowest BCUT2D eigenvalue weighted by Gasteiger charge is -2.16. The molecule has 1 heterocycles. The van der Waals surface area contributed by atoms with Crippen LogP contribution in [0.1, 0.15) is 37.2 Å². The van der Waals surface area contributed by atoms with Gasteiger partial charge in [0.2, 0.25) is 0 Å². The first kappa shape index (κ1) is 12.5. The predicted molar refractivity (Wildman–Crippen MR) is 65.6 cm³/mol. The van der Waals surface area contributed by atoms with Crippen LogP contribution in [0.2, 0.25) is 0 Å². The summed E-state index contributed by atoms with van der Waals surface area (Å²) in [6.07, 6.45) is 3.78. The van der Waals surface area contributed by atoms with E-state index < -0.39 is 0 Å². The number of rotatable bonds is 5. The molecule has 0 spiro atoms.